The quantitative estimate of drug-likeness (QED) is 0.576. The lowest BCUT2D eigenvalue weighted by Gasteiger charge is -2.32. The van der Waals surface area contributed by atoms with E-state index in [0.717, 1.165) is 32.5 Å². The first kappa shape index (κ1) is 19.6. The number of likely N-dealkylation sites (tertiary alicyclic amines) is 1. The van der Waals surface area contributed by atoms with Crippen molar-refractivity contribution in [3.8, 4) is 0 Å². The average Bonchev–Trinajstić information content (AvgIpc) is 2.69. The van der Waals surface area contributed by atoms with Gasteiger partial charge >= 0.3 is 0 Å². The maximum Gasteiger partial charge on any atom is 0.293 e. The monoisotopic (exact) mass is 376 g/mol. The van der Waals surface area contributed by atoms with Gasteiger partial charge in [-0.2, -0.15) is 0 Å². The standard InChI is InChI=1S/C19H28N4O4/c1-20-7-5-15(6-8-20)14-21(2)17-4-3-16(13-18(17)23(25)26)19(24)22-9-11-27-12-10-22/h3-4,13,15H,5-12,14H2,1-2H3. The minimum Gasteiger partial charge on any atom is -0.378 e. The molecule has 2 aliphatic heterocycles. The number of ether oxygens (including phenoxy) is 1. The van der Waals surface area contributed by atoms with Crippen LogP contribution in [0.4, 0.5) is 11.4 Å². The van der Waals surface area contributed by atoms with Crippen molar-refractivity contribution in [3.05, 3.63) is 33.9 Å². The van der Waals surface area contributed by atoms with Gasteiger partial charge in [0.2, 0.25) is 0 Å². The molecule has 0 atom stereocenters. The molecule has 1 amide bonds. The number of nitro groups is 1. The van der Waals surface area contributed by atoms with Gasteiger partial charge in [0, 0.05) is 38.3 Å². The third-order valence-corrected chi connectivity index (χ3v) is 5.50. The van der Waals surface area contributed by atoms with E-state index in [2.05, 4.69) is 11.9 Å². The van der Waals surface area contributed by atoms with Gasteiger partial charge < -0.3 is 19.4 Å². The number of nitrogens with zero attached hydrogens (tertiary/aromatic N) is 4. The molecule has 148 valence electrons. The van der Waals surface area contributed by atoms with Crippen molar-refractivity contribution in [3.63, 3.8) is 0 Å². The van der Waals surface area contributed by atoms with Crippen LogP contribution in [0.25, 0.3) is 0 Å². The Hall–Kier alpha value is -2.19. The van der Waals surface area contributed by atoms with Gasteiger partial charge in [-0.25, -0.2) is 0 Å². The van der Waals surface area contributed by atoms with Crippen LogP contribution < -0.4 is 4.90 Å². The first-order valence-electron chi connectivity index (χ1n) is 9.51. The van der Waals surface area contributed by atoms with Crippen molar-refractivity contribution in [1.29, 1.82) is 0 Å². The lowest BCUT2D eigenvalue weighted by atomic mass is 9.96. The summed E-state index contributed by atoms with van der Waals surface area (Å²) in [5.41, 5.74) is 0.919. The van der Waals surface area contributed by atoms with Crippen molar-refractivity contribution >= 4 is 17.3 Å². The minimum absolute atomic E-state index is 0.00969. The van der Waals surface area contributed by atoms with Crippen LogP contribution in [0.5, 0.6) is 0 Å². The van der Waals surface area contributed by atoms with Crippen molar-refractivity contribution in [2.24, 2.45) is 5.92 Å². The fraction of sp³-hybridized carbons (Fsp3) is 0.632. The molecule has 2 saturated heterocycles. The summed E-state index contributed by atoms with van der Waals surface area (Å²) in [6.45, 7) is 4.96. The fourth-order valence-electron chi connectivity index (χ4n) is 3.80. The number of benzene rings is 1. The summed E-state index contributed by atoms with van der Waals surface area (Å²) in [5.74, 6) is 0.353. The van der Waals surface area contributed by atoms with Crippen LogP contribution in [0.1, 0.15) is 23.2 Å². The predicted octanol–water partition coefficient (Wildman–Crippen LogP) is 1.85. The van der Waals surface area contributed by atoms with Gasteiger partial charge in [0.15, 0.2) is 0 Å². The number of amides is 1. The van der Waals surface area contributed by atoms with Crippen LogP contribution in [0.2, 0.25) is 0 Å². The summed E-state index contributed by atoms with van der Waals surface area (Å²) in [6, 6.07) is 4.82. The number of nitro benzene ring substituents is 1. The number of anilines is 1. The van der Waals surface area contributed by atoms with E-state index < -0.39 is 4.92 Å². The summed E-state index contributed by atoms with van der Waals surface area (Å²) in [6.07, 6.45) is 2.20. The number of carbonyl (C=O) groups is 1. The molecule has 2 aliphatic rings. The van der Waals surface area contributed by atoms with Crippen molar-refractivity contribution in [2.45, 2.75) is 12.8 Å². The number of carbonyl (C=O) groups excluding carboxylic acids is 1. The largest absolute Gasteiger partial charge is 0.378 e. The third kappa shape index (κ3) is 4.75. The summed E-state index contributed by atoms with van der Waals surface area (Å²) < 4.78 is 5.27. The molecule has 2 heterocycles. The first-order chi connectivity index (χ1) is 13.0. The van der Waals surface area contributed by atoms with Crippen LogP contribution in [0.3, 0.4) is 0 Å². The molecule has 0 N–H and O–H groups in total. The maximum absolute atomic E-state index is 12.6. The van der Waals surface area contributed by atoms with Gasteiger partial charge in [0.25, 0.3) is 11.6 Å². The normalized spacial score (nSPS) is 19.1. The van der Waals surface area contributed by atoms with Gasteiger partial charge in [-0.05, 0) is 51.0 Å². The van der Waals surface area contributed by atoms with E-state index in [1.807, 2.05) is 11.9 Å². The van der Waals surface area contributed by atoms with Gasteiger partial charge in [-0.1, -0.05) is 0 Å². The SMILES string of the molecule is CN1CCC(CN(C)c2ccc(C(=O)N3CCOCC3)cc2[N+](=O)[O-])CC1. The van der Waals surface area contributed by atoms with Gasteiger partial charge in [0.05, 0.1) is 18.1 Å². The number of piperidine rings is 1. The van der Waals surface area contributed by atoms with E-state index in [9.17, 15) is 14.9 Å². The molecule has 0 radical (unpaired) electrons. The van der Waals surface area contributed by atoms with E-state index in [0.29, 0.717) is 43.5 Å². The molecule has 0 aromatic heterocycles. The smallest absolute Gasteiger partial charge is 0.293 e. The Morgan fingerprint density at radius 1 is 1.26 bits per heavy atom. The molecule has 0 aliphatic carbocycles. The van der Waals surface area contributed by atoms with Crippen molar-refractivity contribution in [2.75, 3.05) is 64.9 Å². The van der Waals surface area contributed by atoms with E-state index in [1.54, 1.807) is 17.0 Å². The van der Waals surface area contributed by atoms with Crippen LogP contribution in [-0.2, 0) is 4.74 Å². The predicted molar refractivity (Wildman–Crippen MR) is 103 cm³/mol. The molecule has 0 spiro atoms. The van der Waals surface area contributed by atoms with Crippen molar-refractivity contribution in [1.82, 2.24) is 9.80 Å². The molecule has 3 rings (SSSR count). The first-order valence-corrected chi connectivity index (χ1v) is 9.51. The second-order valence-corrected chi connectivity index (χ2v) is 7.49. The zero-order valence-electron chi connectivity index (χ0n) is 16.1. The summed E-state index contributed by atoms with van der Waals surface area (Å²) in [7, 11) is 4.01. The van der Waals surface area contributed by atoms with Crippen LogP contribution >= 0.6 is 0 Å². The maximum atomic E-state index is 12.6. The third-order valence-electron chi connectivity index (χ3n) is 5.50. The van der Waals surface area contributed by atoms with E-state index in [4.69, 9.17) is 4.74 Å². The molecule has 0 bridgehead atoms. The van der Waals surface area contributed by atoms with Crippen LogP contribution in [-0.4, -0.2) is 80.7 Å². The summed E-state index contributed by atoms with van der Waals surface area (Å²) >= 11 is 0. The molecular weight excluding hydrogens is 348 g/mol. The summed E-state index contributed by atoms with van der Waals surface area (Å²) in [4.78, 5) is 29.8. The van der Waals surface area contributed by atoms with E-state index in [-0.39, 0.29) is 11.6 Å². The Morgan fingerprint density at radius 3 is 2.56 bits per heavy atom. The molecule has 27 heavy (non-hydrogen) atoms. The second kappa shape index (κ2) is 8.67. The lowest BCUT2D eigenvalue weighted by molar-refractivity contribution is -0.384. The van der Waals surface area contributed by atoms with Gasteiger partial charge in [0.1, 0.15) is 5.69 Å². The number of rotatable bonds is 5. The van der Waals surface area contributed by atoms with E-state index in [1.165, 1.54) is 6.07 Å². The fourth-order valence-corrected chi connectivity index (χ4v) is 3.80. The zero-order chi connectivity index (χ0) is 19.4. The Morgan fingerprint density at radius 2 is 1.93 bits per heavy atom. The highest BCUT2D eigenvalue weighted by Gasteiger charge is 2.25. The molecule has 8 heteroatoms. The number of morpholine rings is 1. The zero-order valence-corrected chi connectivity index (χ0v) is 16.1. The number of hydrogen-bond acceptors (Lipinski definition) is 6. The molecular formula is C19H28N4O4. The lowest BCUT2D eigenvalue weighted by Crippen LogP contribution is -2.40. The van der Waals surface area contributed by atoms with Gasteiger partial charge in [-0.3, -0.25) is 14.9 Å². The van der Waals surface area contributed by atoms with Crippen LogP contribution in [0, 0.1) is 16.0 Å². The molecule has 2 fully saturated rings. The Bertz CT molecular complexity index is 682. The minimum atomic E-state index is -0.392. The van der Waals surface area contributed by atoms with Gasteiger partial charge in [-0.15, -0.1) is 0 Å². The second-order valence-electron chi connectivity index (χ2n) is 7.49. The highest BCUT2D eigenvalue weighted by molar-refractivity contribution is 5.95. The molecule has 0 saturated carbocycles. The highest BCUT2D eigenvalue weighted by Crippen LogP contribution is 2.30. The topological polar surface area (TPSA) is 79.2 Å². The molecule has 8 nitrogen and oxygen atoms in total. The average molecular weight is 376 g/mol. The van der Waals surface area contributed by atoms with E-state index >= 15 is 0 Å². The Balaban J connectivity index is 1.75. The molecule has 1 aromatic carbocycles. The molecule has 0 unspecified atom stereocenters. The highest BCUT2D eigenvalue weighted by atomic mass is 16.6. The van der Waals surface area contributed by atoms with Crippen molar-refractivity contribution < 1.29 is 14.5 Å². The number of hydrogen-bond donors (Lipinski definition) is 0. The molecule has 1 aromatic rings. The van der Waals surface area contributed by atoms with Crippen LogP contribution in [0.15, 0.2) is 18.2 Å². The summed E-state index contributed by atoms with van der Waals surface area (Å²) in [5, 5.41) is 11.6. The Kier molecular flexibility index (Phi) is 6.28. The Labute approximate surface area is 159 Å².